The van der Waals surface area contributed by atoms with Crippen LogP contribution >= 0.6 is 0 Å². The summed E-state index contributed by atoms with van der Waals surface area (Å²) in [7, 11) is 2.56. The van der Waals surface area contributed by atoms with Gasteiger partial charge < -0.3 is 5.32 Å². The fourth-order valence-electron chi connectivity index (χ4n) is 4.98. The SMILES string of the molecule is [B]c1cnn2c(NCc3cccnc3)cc(C3CCN(S(=O)(=O)c4cccc5ccccc45)CC3)nc12. The highest BCUT2D eigenvalue weighted by Crippen LogP contribution is 2.33. The van der Waals surface area contributed by atoms with Crippen molar-refractivity contribution in [1.82, 2.24) is 23.9 Å². The van der Waals surface area contributed by atoms with Gasteiger partial charge in [-0.1, -0.05) is 42.5 Å². The number of hydrogen-bond donors (Lipinski definition) is 1. The zero-order valence-electron chi connectivity index (χ0n) is 20.2. The van der Waals surface area contributed by atoms with E-state index >= 15 is 0 Å². The minimum atomic E-state index is -3.61. The largest absolute Gasteiger partial charge is 0.366 e. The van der Waals surface area contributed by atoms with Gasteiger partial charge in [0, 0.05) is 61.3 Å². The first-order valence-electron chi connectivity index (χ1n) is 12.3. The predicted molar refractivity (Wildman–Crippen MR) is 145 cm³/mol. The van der Waals surface area contributed by atoms with Gasteiger partial charge in [-0.3, -0.25) is 4.98 Å². The van der Waals surface area contributed by atoms with Gasteiger partial charge in [-0.2, -0.15) is 13.9 Å². The second kappa shape index (κ2) is 9.61. The van der Waals surface area contributed by atoms with Gasteiger partial charge in [-0.25, -0.2) is 13.4 Å². The molecule has 1 fully saturated rings. The Labute approximate surface area is 216 Å². The molecule has 0 saturated carbocycles. The lowest BCUT2D eigenvalue weighted by atomic mass is 9.94. The maximum atomic E-state index is 13.6. The van der Waals surface area contributed by atoms with Gasteiger partial charge in [0.2, 0.25) is 10.0 Å². The van der Waals surface area contributed by atoms with Crippen molar-refractivity contribution in [3.05, 3.63) is 90.5 Å². The normalized spacial score (nSPS) is 15.4. The topological polar surface area (TPSA) is 92.5 Å². The van der Waals surface area contributed by atoms with Crippen LogP contribution in [0.2, 0.25) is 0 Å². The molecule has 0 aliphatic carbocycles. The van der Waals surface area contributed by atoms with E-state index in [9.17, 15) is 8.42 Å². The third-order valence-corrected chi connectivity index (χ3v) is 8.91. The number of fused-ring (bicyclic) bond motifs is 2. The van der Waals surface area contributed by atoms with Crippen LogP contribution in [0.3, 0.4) is 0 Å². The molecule has 37 heavy (non-hydrogen) atoms. The van der Waals surface area contributed by atoms with Crippen molar-refractivity contribution < 1.29 is 8.42 Å². The molecule has 0 unspecified atom stereocenters. The second-order valence-electron chi connectivity index (χ2n) is 9.27. The number of aromatic nitrogens is 4. The van der Waals surface area contributed by atoms with Gasteiger partial charge in [0.1, 0.15) is 19.3 Å². The van der Waals surface area contributed by atoms with Crippen LogP contribution in [0.1, 0.15) is 30.0 Å². The molecule has 5 aromatic rings. The molecule has 184 valence electrons. The predicted octanol–water partition coefficient (Wildman–Crippen LogP) is 3.25. The van der Waals surface area contributed by atoms with Crippen molar-refractivity contribution in [3.8, 4) is 0 Å². The molecular formula is C27H25BN6O2S. The molecule has 1 saturated heterocycles. The highest BCUT2D eigenvalue weighted by molar-refractivity contribution is 7.89. The van der Waals surface area contributed by atoms with Crippen LogP contribution in [0.15, 0.2) is 84.1 Å². The average molecular weight is 508 g/mol. The molecule has 1 aliphatic rings. The molecule has 2 radical (unpaired) electrons. The molecule has 2 aromatic carbocycles. The summed E-state index contributed by atoms with van der Waals surface area (Å²) in [6, 6.07) is 18.9. The fraction of sp³-hybridized carbons (Fsp3) is 0.222. The molecule has 6 rings (SSSR count). The number of hydrogen-bond acceptors (Lipinski definition) is 6. The minimum absolute atomic E-state index is 0.109. The summed E-state index contributed by atoms with van der Waals surface area (Å²) < 4.78 is 30.4. The van der Waals surface area contributed by atoms with Crippen LogP contribution in [0.5, 0.6) is 0 Å². The van der Waals surface area contributed by atoms with E-state index in [1.165, 1.54) is 0 Å². The Bertz CT molecular complexity index is 1680. The lowest BCUT2D eigenvalue weighted by Crippen LogP contribution is -2.38. The molecule has 1 aliphatic heterocycles. The number of pyridine rings is 1. The summed E-state index contributed by atoms with van der Waals surface area (Å²) in [6.45, 7) is 1.43. The van der Waals surface area contributed by atoms with Crippen LogP contribution < -0.4 is 10.8 Å². The number of rotatable bonds is 6. The quantitative estimate of drug-likeness (QED) is 0.354. The van der Waals surface area contributed by atoms with E-state index in [4.69, 9.17) is 12.8 Å². The van der Waals surface area contributed by atoms with Crippen molar-refractivity contribution in [3.63, 3.8) is 0 Å². The Kier molecular flexibility index (Phi) is 6.14. The van der Waals surface area contributed by atoms with Crippen molar-refractivity contribution in [1.29, 1.82) is 0 Å². The number of anilines is 1. The van der Waals surface area contributed by atoms with E-state index in [2.05, 4.69) is 15.4 Å². The molecule has 0 amide bonds. The smallest absolute Gasteiger partial charge is 0.243 e. The summed E-state index contributed by atoms with van der Waals surface area (Å²) in [4.78, 5) is 9.35. The third kappa shape index (κ3) is 4.47. The van der Waals surface area contributed by atoms with Gasteiger partial charge in [-0.15, -0.1) is 0 Å². The van der Waals surface area contributed by atoms with E-state index in [0.29, 0.717) is 48.5 Å². The van der Waals surface area contributed by atoms with E-state index in [-0.39, 0.29) is 5.92 Å². The van der Waals surface area contributed by atoms with Gasteiger partial charge in [0.25, 0.3) is 0 Å². The van der Waals surface area contributed by atoms with Gasteiger partial charge in [0.05, 0.1) is 4.90 Å². The minimum Gasteiger partial charge on any atom is -0.366 e. The molecule has 1 N–H and O–H groups in total. The lowest BCUT2D eigenvalue weighted by Gasteiger charge is -2.31. The first-order valence-corrected chi connectivity index (χ1v) is 13.7. The van der Waals surface area contributed by atoms with Crippen LogP contribution in [-0.4, -0.2) is 53.2 Å². The summed E-state index contributed by atoms with van der Waals surface area (Å²) in [6.07, 6.45) is 6.50. The van der Waals surface area contributed by atoms with Crippen LogP contribution in [0, 0.1) is 0 Å². The molecule has 0 spiro atoms. The maximum absolute atomic E-state index is 13.6. The van der Waals surface area contributed by atoms with E-state index < -0.39 is 10.0 Å². The monoisotopic (exact) mass is 508 g/mol. The van der Waals surface area contributed by atoms with Gasteiger partial charge >= 0.3 is 0 Å². The van der Waals surface area contributed by atoms with Crippen LogP contribution in [0.25, 0.3) is 16.4 Å². The molecule has 0 atom stereocenters. The Balaban J connectivity index is 1.24. The molecule has 4 heterocycles. The molecule has 10 heteroatoms. The first kappa shape index (κ1) is 23.6. The lowest BCUT2D eigenvalue weighted by molar-refractivity contribution is 0.317. The molecule has 3 aromatic heterocycles. The van der Waals surface area contributed by atoms with Crippen molar-refractivity contribution in [2.45, 2.75) is 30.2 Å². The highest BCUT2D eigenvalue weighted by Gasteiger charge is 2.32. The highest BCUT2D eigenvalue weighted by atomic mass is 32.2. The number of piperidine rings is 1. The first-order chi connectivity index (χ1) is 18.0. The number of nitrogens with one attached hydrogen (secondary N) is 1. The third-order valence-electron chi connectivity index (χ3n) is 6.95. The standard InChI is InChI=1S/C27H25BN6O2S/c28-23-18-31-34-26(30-17-19-5-4-12-29-16-19)15-24(32-27(23)34)21-10-13-33(14-11-21)37(35,36)25-9-3-7-20-6-1-2-8-22(20)25/h1-9,12,15-16,18,21,30H,10-11,13-14,17H2. The van der Waals surface area contributed by atoms with E-state index in [0.717, 1.165) is 27.8 Å². The van der Waals surface area contributed by atoms with Crippen molar-refractivity contribution in [2.75, 3.05) is 18.4 Å². The second-order valence-corrected chi connectivity index (χ2v) is 11.2. The zero-order valence-corrected chi connectivity index (χ0v) is 21.0. The Morgan fingerprint density at radius 2 is 1.81 bits per heavy atom. The number of sulfonamides is 1. The summed E-state index contributed by atoms with van der Waals surface area (Å²) in [5.74, 6) is 0.892. The fourth-order valence-corrected chi connectivity index (χ4v) is 6.66. The molecule has 0 bridgehead atoms. The number of nitrogens with zero attached hydrogens (tertiary/aromatic N) is 5. The Morgan fingerprint density at radius 1 is 1.00 bits per heavy atom. The molecule has 8 nitrogen and oxygen atoms in total. The Morgan fingerprint density at radius 3 is 2.62 bits per heavy atom. The zero-order chi connectivity index (χ0) is 25.4. The summed E-state index contributed by atoms with van der Waals surface area (Å²) in [5, 5.41) is 9.48. The van der Waals surface area contributed by atoms with E-state index in [1.807, 2.05) is 54.7 Å². The maximum Gasteiger partial charge on any atom is 0.243 e. The Hall–Kier alpha value is -3.76. The van der Waals surface area contributed by atoms with Gasteiger partial charge in [-0.05, 0) is 41.4 Å². The van der Waals surface area contributed by atoms with Crippen molar-refractivity contribution >= 4 is 45.6 Å². The van der Waals surface area contributed by atoms with E-state index in [1.54, 1.807) is 33.3 Å². The molecular weight excluding hydrogens is 483 g/mol. The summed E-state index contributed by atoms with van der Waals surface area (Å²) in [5.41, 5.74) is 3.02. The number of benzene rings is 2. The summed E-state index contributed by atoms with van der Waals surface area (Å²) >= 11 is 0. The van der Waals surface area contributed by atoms with Crippen LogP contribution in [-0.2, 0) is 16.6 Å². The average Bonchev–Trinajstić information content (AvgIpc) is 3.32. The van der Waals surface area contributed by atoms with Crippen LogP contribution in [0.4, 0.5) is 5.82 Å². The van der Waals surface area contributed by atoms with Gasteiger partial charge in [0.15, 0.2) is 0 Å². The van der Waals surface area contributed by atoms with Crippen molar-refractivity contribution in [2.24, 2.45) is 0 Å².